The molecule has 0 unspecified atom stereocenters. The van der Waals surface area contributed by atoms with E-state index in [1.165, 1.54) is 0 Å². The van der Waals surface area contributed by atoms with Crippen molar-refractivity contribution in [3.63, 3.8) is 0 Å². The molecule has 0 saturated carbocycles. The minimum absolute atomic E-state index is 0.0590. The molecule has 0 radical (unpaired) electrons. The predicted molar refractivity (Wildman–Crippen MR) is 151 cm³/mol. The van der Waals surface area contributed by atoms with Gasteiger partial charge in [-0.3, -0.25) is 9.59 Å². The molecule has 2 aliphatic rings. The third-order valence-corrected chi connectivity index (χ3v) is 7.41. The Morgan fingerprint density at radius 1 is 1.03 bits per heavy atom. The van der Waals surface area contributed by atoms with Crippen molar-refractivity contribution in [2.75, 3.05) is 13.2 Å². The van der Waals surface area contributed by atoms with Crippen molar-refractivity contribution in [1.82, 2.24) is 4.90 Å². The number of nitrogens with zero attached hydrogens (tertiary/aromatic N) is 1. The molecule has 0 aliphatic carbocycles. The number of likely N-dealkylation sites (tertiary alicyclic amines) is 1. The second-order valence-corrected chi connectivity index (χ2v) is 10.3. The van der Waals surface area contributed by atoms with E-state index in [4.69, 9.17) is 9.47 Å². The first-order chi connectivity index (χ1) is 19.0. The lowest BCUT2D eigenvalue weighted by molar-refractivity contribution is -0.139. The minimum Gasteiger partial charge on any atom is -0.507 e. The molecule has 0 bridgehead atoms. The Kier molecular flexibility index (Phi) is 8.01. The van der Waals surface area contributed by atoms with Gasteiger partial charge in [0.1, 0.15) is 23.4 Å². The van der Waals surface area contributed by atoms with Gasteiger partial charge in [-0.15, -0.1) is 0 Å². The highest BCUT2D eigenvalue weighted by Crippen LogP contribution is 2.41. The van der Waals surface area contributed by atoms with Gasteiger partial charge in [0.15, 0.2) is 0 Å². The van der Waals surface area contributed by atoms with Crippen LogP contribution in [0.25, 0.3) is 5.76 Å². The number of hydrogen-bond donors (Lipinski definition) is 1. The highest BCUT2D eigenvalue weighted by atomic mass is 16.5. The summed E-state index contributed by atoms with van der Waals surface area (Å²) < 4.78 is 11.7. The van der Waals surface area contributed by atoms with E-state index in [-0.39, 0.29) is 17.4 Å². The Bertz CT molecular complexity index is 1360. The number of amides is 1. The van der Waals surface area contributed by atoms with E-state index in [0.717, 1.165) is 53.9 Å². The highest BCUT2D eigenvalue weighted by Gasteiger charge is 2.46. The number of aliphatic hydroxyl groups excluding tert-OH is 1. The van der Waals surface area contributed by atoms with E-state index >= 15 is 0 Å². The second-order valence-electron chi connectivity index (χ2n) is 10.3. The number of benzene rings is 3. The van der Waals surface area contributed by atoms with Crippen molar-refractivity contribution in [3.05, 3.63) is 101 Å². The van der Waals surface area contributed by atoms with E-state index in [2.05, 4.69) is 6.92 Å². The number of ether oxygens (including phenoxy) is 2. The normalized spacial score (nSPS) is 19.7. The smallest absolute Gasteiger partial charge is 0.295 e. The molecule has 6 heteroatoms. The number of hydrogen-bond acceptors (Lipinski definition) is 5. The Morgan fingerprint density at radius 3 is 2.54 bits per heavy atom. The third kappa shape index (κ3) is 5.70. The fourth-order valence-corrected chi connectivity index (χ4v) is 5.36. The molecule has 0 aromatic heterocycles. The van der Waals surface area contributed by atoms with E-state index in [1.54, 1.807) is 11.0 Å². The van der Waals surface area contributed by atoms with Crippen LogP contribution in [-0.4, -0.2) is 41.0 Å². The van der Waals surface area contributed by atoms with E-state index in [1.807, 2.05) is 73.7 Å². The van der Waals surface area contributed by atoms with Gasteiger partial charge in [-0.25, -0.2) is 0 Å². The maximum atomic E-state index is 13.4. The molecular weight excluding hydrogens is 490 g/mol. The van der Waals surface area contributed by atoms with Crippen LogP contribution in [0.2, 0.25) is 0 Å². The van der Waals surface area contributed by atoms with Gasteiger partial charge in [0.25, 0.3) is 11.7 Å². The van der Waals surface area contributed by atoms with Gasteiger partial charge < -0.3 is 19.5 Å². The highest BCUT2D eigenvalue weighted by molar-refractivity contribution is 6.46. The summed E-state index contributed by atoms with van der Waals surface area (Å²) in [6, 6.07) is 22.1. The number of carbonyl (C=O) groups is 2. The molecule has 1 saturated heterocycles. The van der Waals surface area contributed by atoms with Crippen LogP contribution in [0, 0.1) is 0 Å². The van der Waals surface area contributed by atoms with Gasteiger partial charge in [-0.05, 0) is 66.8 Å². The molecule has 0 spiro atoms. The molecule has 1 amide bonds. The molecule has 3 aromatic carbocycles. The molecule has 2 heterocycles. The van der Waals surface area contributed by atoms with E-state index in [9.17, 15) is 14.7 Å². The van der Waals surface area contributed by atoms with Crippen LogP contribution < -0.4 is 9.47 Å². The summed E-state index contributed by atoms with van der Waals surface area (Å²) in [5.74, 6) is 0.0890. The van der Waals surface area contributed by atoms with Gasteiger partial charge >= 0.3 is 0 Å². The molecule has 1 N–H and O–H groups in total. The van der Waals surface area contributed by atoms with Crippen LogP contribution in [0.5, 0.6) is 11.5 Å². The fourth-order valence-electron chi connectivity index (χ4n) is 5.36. The third-order valence-electron chi connectivity index (χ3n) is 7.41. The topological polar surface area (TPSA) is 76.1 Å². The molecule has 3 aromatic rings. The first kappa shape index (κ1) is 26.5. The zero-order valence-corrected chi connectivity index (χ0v) is 22.6. The van der Waals surface area contributed by atoms with Crippen molar-refractivity contribution >= 4 is 17.4 Å². The molecule has 39 heavy (non-hydrogen) atoms. The summed E-state index contributed by atoms with van der Waals surface area (Å²) in [5, 5.41) is 11.5. The first-order valence-electron chi connectivity index (χ1n) is 13.8. The lowest BCUT2D eigenvalue weighted by Gasteiger charge is -2.25. The summed E-state index contributed by atoms with van der Waals surface area (Å²) in [5.41, 5.74) is 3.42. The van der Waals surface area contributed by atoms with Crippen molar-refractivity contribution in [3.8, 4) is 11.5 Å². The number of rotatable bonds is 10. The number of ketones is 1. The predicted octanol–water partition coefficient (Wildman–Crippen LogP) is 6.24. The Hall–Kier alpha value is -4.06. The molecule has 202 valence electrons. The lowest BCUT2D eigenvalue weighted by Crippen LogP contribution is -2.31. The van der Waals surface area contributed by atoms with Crippen LogP contribution in [-0.2, 0) is 22.4 Å². The van der Waals surface area contributed by atoms with Crippen molar-refractivity contribution in [2.24, 2.45) is 0 Å². The number of Topliss-reactive ketones (excluding diaryl/α,β-unsaturated/α-hetero) is 1. The Morgan fingerprint density at radius 2 is 1.79 bits per heavy atom. The molecule has 1 fully saturated rings. The van der Waals surface area contributed by atoms with Crippen LogP contribution >= 0.6 is 0 Å². The number of aliphatic hydroxyl groups is 1. The van der Waals surface area contributed by atoms with Crippen LogP contribution in [0.15, 0.2) is 78.4 Å². The summed E-state index contributed by atoms with van der Waals surface area (Å²) in [4.78, 5) is 28.3. The van der Waals surface area contributed by atoms with Gasteiger partial charge in [-0.2, -0.15) is 0 Å². The summed E-state index contributed by atoms with van der Waals surface area (Å²) in [6.45, 7) is 5.14. The van der Waals surface area contributed by atoms with E-state index < -0.39 is 17.7 Å². The van der Waals surface area contributed by atoms with Gasteiger partial charge in [0.05, 0.1) is 18.2 Å². The molecular formula is C33H35NO5. The number of unbranched alkanes of at least 4 members (excludes halogenated alkanes) is 2. The summed E-state index contributed by atoms with van der Waals surface area (Å²) in [6.07, 6.45) is 4.61. The maximum Gasteiger partial charge on any atom is 0.295 e. The number of fused-ring (bicyclic) bond motifs is 1. The summed E-state index contributed by atoms with van der Waals surface area (Å²) >= 11 is 0. The van der Waals surface area contributed by atoms with Crippen LogP contribution in [0.4, 0.5) is 0 Å². The number of carbonyl (C=O) groups excluding carboxylic acids is 2. The van der Waals surface area contributed by atoms with Gasteiger partial charge in [-0.1, -0.05) is 62.2 Å². The van der Waals surface area contributed by atoms with E-state index in [0.29, 0.717) is 25.1 Å². The average molecular weight is 526 g/mol. The van der Waals surface area contributed by atoms with Crippen molar-refractivity contribution in [1.29, 1.82) is 0 Å². The van der Waals surface area contributed by atoms with Crippen LogP contribution in [0.1, 0.15) is 61.4 Å². The zero-order chi connectivity index (χ0) is 27.4. The second kappa shape index (κ2) is 11.8. The van der Waals surface area contributed by atoms with Gasteiger partial charge in [0, 0.05) is 18.5 Å². The van der Waals surface area contributed by atoms with Crippen LogP contribution in [0.3, 0.4) is 0 Å². The fraction of sp³-hybridized carbons (Fsp3) is 0.333. The van der Waals surface area contributed by atoms with Crippen molar-refractivity contribution in [2.45, 2.75) is 58.1 Å². The lowest BCUT2D eigenvalue weighted by atomic mass is 9.94. The molecule has 5 rings (SSSR count). The summed E-state index contributed by atoms with van der Waals surface area (Å²) in [7, 11) is 0. The Labute approximate surface area is 229 Å². The monoisotopic (exact) mass is 525 g/mol. The zero-order valence-electron chi connectivity index (χ0n) is 22.6. The Balaban J connectivity index is 1.49. The minimum atomic E-state index is -0.703. The molecule has 6 nitrogen and oxygen atoms in total. The standard InChI is InChI=1S/C33H35NO5/c1-3-4-8-19-38-27-14-11-24(12-15-27)30-29(31(35)25-13-16-28-26(21-25)20-22(2)39-28)32(36)33(37)34(30)18-17-23-9-6-5-7-10-23/h5-7,9-16,21-22,30,35H,3-4,8,17-20H2,1-2H3/t22-,30-/m0/s1. The maximum absolute atomic E-state index is 13.4. The average Bonchev–Trinajstić information content (AvgIpc) is 3.45. The quantitative estimate of drug-likeness (QED) is 0.147. The molecule has 2 aliphatic heterocycles. The molecule has 2 atom stereocenters. The SMILES string of the molecule is CCCCCOc1ccc([C@H]2C(=C(O)c3ccc4c(c3)C[C@H](C)O4)C(=O)C(=O)N2CCc2ccccc2)cc1. The first-order valence-corrected chi connectivity index (χ1v) is 13.8. The largest absolute Gasteiger partial charge is 0.507 e. The van der Waals surface area contributed by atoms with Crippen molar-refractivity contribution < 1.29 is 24.2 Å². The van der Waals surface area contributed by atoms with Gasteiger partial charge in [0.2, 0.25) is 0 Å².